The van der Waals surface area contributed by atoms with Gasteiger partial charge in [-0.3, -0.25) is 0 Å². The minimum absolute atomic E-state index is 0. The molecule has 0 nitrogen and oxygen atoms in total. The molecule has 3 heteroatoms. The van der Waals surface area contributed by atoms with Crippen LogP contribution in [0.5, 0.6) is 0 Å². The molecule has 0 aromatic heterocycles. The first-order chi connectivity index (χ1) is 6.29. The molecular formula is C11H7AgS2. The second kappa shape index (κ2) is 5.01. The van der Waals surface area contributed by atoms with Crippen molar-refractivity contribution < 1.29 is 22.4 Å². The van der Waals surface area contributed by atoms with E-state index in [1.54, 1.807) is 0 Å². The van der Waals surface area contributed by atoms with Gasteiger partial charge in [-0.15, -0.1) is 4.20 Å². The molecule has 0 saturated carbocycles. The molecule has 74 valence electrons. The van der Waals surface area contributed by atoms with Crippen molar-refractivity contribution in [3.8, 4) is 0 Å². The zero-order valence-electron chi connectivity index (χ0n) is 7.16. The Kier molecular flexibility index (Phi) is 4.23. The van der Waals surface area contributed by atoms with E-state index in [1.165, 1.54) is 5.39 Å². The molecule has 0 unspecified atom stereocenters. The van der Waals surface area contributed by atoms with Gasteiger partial charge in [-0.25, -0.2) is 0 Å². The first-order valence-electron chi connectivity index (χ1n) is 3.98. The topological polar surface area (TPSA) is 0 Å². The number of rotatable bonds is 1. The summed E-state index contributed by atoms with van der Waals surface area (Å²) in [5.74, 6) is 0. The van der Waals surface area contributed by atoms with Crippen LogP contribution in [-0.2, 0) is 35.0 Å². The summed E-state index contributed by atoms with van der Waals surface area (Å²) in [5, 5.41) is 2.33. The van der Waals surface area contributed by atoms with Crippen LogP contribution in [0, 0.1) is 0 Å². The van der Waals surface area contributed by atoms with E-state index < -0.39 is 0 Å². The third kappa shape index (κ3) is 2.22. The quantitative estimate of drug-likeness (QED) is 0.451. The molecule has 0 saturated heterocycles. The van der Waals surface area contributed by atoms with Crippen LogP contribution in [0.4, 0.5) is 0 Å². The maximum absolute atomic E-state index is 5.00. The summed E-state index contributed by atoms with van der Waals surface area (Å²) < 4.78 is 0.539. The smallest absolute Gasteiger partial charge is 0.428 e. The molecule has 2 aromatic rings. The Labute approximate surface area is 110 Å². The molecule has 0 N–H and O–H groups in total. The van der Waals surface area contributed by atoms with Crippen molar-refractivity contribution in [1.29, 1.82) is 0 Å². The van der Waals surface area contributed by atoms with Crippen molar-refractivity contribution in [2.24, 2.45) is 0 Å². The van der Waals surface area contributed by atoms with Crippen LogP contribution < -0.4 is 0 Å². The van der Waals surface area contributed by atoms with Gasteiger partial charge in [-0.05, 0) is 16.3 Å². The van der Waals surface area contributed by atoms with Crippen LogP contribution in [-0.4, -0.2) is 4.20 Å². The maximum Gasteiger partial charge on any atom is 1.00 e. The number of fused-ring (bicyclic) bond motifs is 1. The third-order valence-electron chi connectivity index (χ3n) is 2.01. The number of benzene rings is 2. The summed E-state index contributed by atoms with van der Waals surface area (Å²) in [5.41, 5.74) is 0.989. The van der Waals surface area contributed by atoms with E-state index >= 15 is 0 Å². The summed E-state index contributed by atoms with van der Waals surface area (Å²) >= 11 is 10.0. The van der Waals surface area contributed by atoms with Crippen LogP contribution in [0.25, 0.3) is 10.8 Å². The summed E-state index contributed by atoms with van der Waals surface area (Å²) in [7, 11) is 0. The molecule has 0 aliphatic heterocycles. The van der Waals surface area contributed by atoms with Gasteiger partial charge in [0, 0.05) is 0 Å². The Balaban J connectivity index is 0.000000980. The summed E-state index contributed by atoms with van der Waals surface area (Å²) in [6.07, 6.45) is 0. The summed E-state index contributed by atoms with van der Waals surface area (Å²) in [6, 6.07) is 14.1. The van der Waals surface area contributed by atoms with Crippen LogP contribution in [0.15, 0.2) is 42.5 Å². The Hall–Kier alpha value is -0.250. The van der Waals surface area contributed by atoms with Crippen LogP contribution in [0.1, 0.15) is 5.56 Å². The molecular weight excluding hydrogens is 304 g/mol. The minimum atomic E-state index is 0. The van der Waals surface area contributed by atoms with Crippen molar-refractivity contribution in [1.82, 2.24) is 0 Å². The van der Waals surface area contributed by atoms with E-state index in [4.69, 9.17) is 24.8 Å². The predicted molar refractivity (Wildman–Crippen MR) is 63.0 cm³/mol. The normalized spacial score (nSPS) is 9.43. The molecule has 0 heterocycles. The van der Waals surface area contributed by atoms with Crippen LogP contribution in [0.3, 0.4) is 0 Å². The molecule has 0 spiro atoms. The van der Waals surface area contributed by atoms with Crippen LogP contribution >= 0.6 is 12.2 Å². The summed E-state index contributed by atoms with van der Waals surface area (Å²) in [4.78, 5) is 0. The van der Waals surface area contributed by atoms with E-state index in [0.717, 1.165) is 10.9 Å². The van der Waals surface area contributed by atoms with E-state index in [9.17, 15) is 0 Å². The monoisotopic (exact) mass is 310 g/mol. The molecule has 14 heavy (non-hydrogen) atoms. The van der Waals surface area contributed by atoms with Gasteiger partial charge in [0.05, 0.1) is 0 Å². The molecule has 0 fully saturated rings. The Morgan fingerprint density at radius 3 is 2.36 bits per heavy atom. The van der Waals surface area contributed by atoms with Gasteiger partial charge >= 0.3 is 22.4 Å². The van der Waals surface area contributed by atoms with E-state index in [0.29, 0.717) is 4.20 Å². The van der Waals surface area contributed by atoms with Crippen molar-refractivity contribution in [2.75, 3.05) is 0 Å². The first kappa shape index (κ1) is 11.8. The summed E-state index contributed by atoms with van der Waals surface area (Å²) in [6.45, 7) is 0. The molecule has 0 bridgehead atoms. The van der Waals surface area contributed by atoms with Gasteiger partial charge < -0.3 is 24.8 Å². The third-order valence-corrected chi connectivity index (χ3v) is 2.45. The molecule has 0 atom stereocenters. The van der Waals surface area contributed by atoms with E-state index in [1.807, 2.05) is 30.3 Å². The number of hydrogen-bond acceptors (Lipinski definition) is 2. The molecule has 0 radical (unpaired) electrons. The van der Waals surface area contributed by atoms with Gasteiger partial charge in [0.25, 0.3) is 0 Å². The fourth-order valence-electron chi connectivity index (χ4n) is 1.40. The number of thiocarbonyl (C=S) groups is 1. The number of hydrogen-bond donors (Lipinski definition) is 0. The second-order valence-corrected chi connectivity index (χ2v) is 3.89. The van der Waals surface area contributed by atoms with Gasteiger partial charge in [-0.2, -0.15) is 0 Å². The Morgan fingerprint density at radius 2 is 1.64 bits per heavy atom. The molecule has 2 rings (SSSR count). The SMILES string of the molecule is S=C([S-])c1cccc2ccccc12.[Ag+]. The second-order valence-electron chi connectivity index (χ2n) is 2.81. The zero-order chi connectivity index (χ0) is 9.26. The average molecular weight is 311 g/mol. The molecule has 0 amide bonds. The van der Waals surface area contributed by atoms with Crippen molar-refractivity contribution in [3.63, 3.8) is 0 Å². The van der Waals surface area contributed by atoms with Crippen molar-refractivity contribution in [2.45, 2.75) is 0 Å². The molecule has 2 aromatic carbocycles. The Bertz CT molecular complexity index is 460. The predicted octanol–water partition coefficient (Wildman–Crippen LogP) is 3.06. The largest absolute Gasteiger partial charge is 1.00 e. The fourth-order valence-corrected chi connectivity index (χ4v) is 1.76. The van der Waals surface area contributed by atoms with Gasteiger partial charge in [0.2, 0.25) is 0 Å². The molecule has 0 aliphatic rings. The first-order valence-corrected chi connectivity index (χ1v) is 4.80. The fraction of sp³-hybridized carbons (Fsp3) is 0. The van der Waals surface area contributed by atoms with Gasteiger partial charge in [0.1, 0.15) is 0 Å². The van der Waals surface area contributed by atoms with Crippen molar-refractivity contribution >= 4 is 39.8 Å². The Morgan fingerprint density at radius 1 is 1.00 bits per heavy atom. The van der Waals surface area contributed by atoms with Crippen molar-refractivity contribution in [3.05, 3.63) is 48.0 Å². The van der Waals surface area contributed by atoms with E-state index in [-0.39, 0.29) is 22.4 Å². The van der Waals surface area contributed by atoms with E-state index in [2.05, 4.69) is 12.1 Å². The molecule has 0 aliphatic carbocycles. The maximum atomic E-state index is 5.00. The standard InChI is InChI=1S/C11H8S2.Ag/c12-11(13)10-7-3-5-8-4-1-2-6-9(8)10;/h1-7H,(H,12,13);/q;+1/p-1. The minimum Gasteiger partial charge on any atom is -0.428 e. The zero-order valence-corrected chi connectivity index (χ0v) is 10.3. The van der Waals surface area contributed by atoms with Gasteiger partial charge in [-0.1, -0.05) is 42.5 Å². The average Bonchev–Trinajstić information content (AvgIpc) is 2.17. The van der Waals surface area contributed by atoms with Gasteiger partial charge in [0.15, 0.2) is 0 Å². The van der Waals surface area contributed by atoms with Crippen LogP contribution in [0.2, 0.25) is 0 Å².